The van der Waals surface area contributed by atoms with Crippen LogP contribution in [0.5, 0.6) is 0 Å². The second-order valence-corrected chi connectivity index (χ2v) is 6.11. The van der Waals surface area contributed by atoms with E-state index in [0.717, 1.165) is 25.7 Å². The van der Waals surface area contributed by atoms with Crippen molar-refractivity contribution in [3.63, 3.8) is 0 Å². The molecule has 0 heterocycles. The zero-order chi connectivity index (χ0) is 13.9. The van der Waals surface area contributed by atoms with Crippen molar-refractivity contribution in [2.24, 2.45) is 11.3 Å². The van der Waals surface area contributed by atoms with Gasteiger partial charge in [-0.25, -0.2) is 4.39 Å². The van der Waals surface area contributed by atoms with E-state index in [1.165, 1.54) is 12.5 Å². The largest absolute Gasteiger partial charge is 0.207 e. The molecule has 0 aromatic heterocycles. The van der Waals surface area contributed by atoms with Crippen LogP contribution in [0.3, 0.4) is 0 Å². The number of hydrogen-bond acceptors (Lipinski definition) is 1. The van der Waals surface area contributed by atoms with Crippen molar-refractivity contribution >= 4 is 11.6 Å². The first kappa shape index (κ1) is 14.3. The number of rotatable bonds is 3. The lowest BCUT2D eigenvalue weighted by atomic mass is 9.67. The van der Waals surface area contributed by atoms with Crippen LogP contribution in [-0.2, 0) is 6.42 Å². The van der Waals surface area contributed by atoms with E-state index in [2.05, 4.69) is 13.0 Å². The number of nitrogens with zero attached hydrogens (tertiary/aromatic N) is 1. The summed E-state index contributed by atoms with van der Waals surface area (Å²) in [4.78, 5) is 0. The Morgan fingerprint density at radius 2 is 2.32 bits per heavy atom. The monoisotopic (exact) mass is 279 g/mol. The Morgan fingerprint density at radius 3 is 2.95 bits per heavy atom. The van der Waals surface area contributed by atoms with Crippen molar-refractivity contribution in [2.45, 2.75) is 45.4 Å². The van der Waals surface area contributed by atoms with Crippen molar-refractivity contribution in [3.05, 3.63) is 34.6 Å². The lowest BCUT2D eigenvalue weighted by Gasteiger charge is -2.35. The molecule has 0 amide bonds. The van der Waals surface area contributed by atoms with E-state index < -0.39 is 5.41 Å². The molecule has 2 rings (SSSR count). The minimum Gasteiger partial charge on any atom is -0.207 e. The highest BCUT2D eigenvalue weighted by Gasteiger charge is 2.36. The van der Waals surface area contributed by atoms with E-state index >= 15 is 0 Å². The summed E-state index contributed by atoms with van der Waals surface area (Å²) >= 11 is 5.77. The summed E-state index contributed by atoms with van der Waals surface area (Å²) in [6.45, 7) is 2.17. The Morgan fingerprint density at radius 1 is 1.53 bits per heavy atom. The van der Waals surface area contributed by atoms with Crippen LogP contribution >= 0.6 is 11.6 Å². The number of benzene rings is 1. The molecule has 1 saturated carbocycles. The van der Waals surface area contributed by atoms with Gasteiger partial charge in [0.1, 0.15) is 5.82 Å². The van der Waals surface area contributed by atoms with Gasteiger partial charge in [-0.15, -0.1) is 0 Å². The van der Waals surface area contributed by atoms with Crippen LogP contribution in [0.25, 0.3) is 0 Å². The van der Waals surface area contributed by atoms with E-state index in [4.69, 9.17) is 11.6 Å². The molecular formula is C16H19ClFN. The molecule has 1 nitrogen and oxygen atoms in total. The molecular weight excluding hydrogens is 261 g/mol. The SMILES string of the molecule is CCC1CCCC(C#N)(Cc2ccc(Cl)cc2F)C1. The summed E-state index contributed by atoms with van der Waals surface area (Å²) in [5.74, 6) is 0.310. The van der Waals surface area contributed by atoms with Crippen molar-refractivity contribution in [1.82, 2.24) is 0 Å². The fourth-order valence-corrected chi connectivity index (χ4v) is 3.32. The van der Waals surface area contributed by atoms with Crippen molar-refractivity contribution in [3.8, 4) is 6.07 Å². The molecule has 0 bridgehead atoms. The zero-order valence-electron chi connectivity index (χ0n) is 11.3. The van der Waals surface area contributed by atoms with Gasteiger partial charge in [0.2, 0.25) is 0 Å². The molecule has 0 aliphatic heterocycles. The summed E-state index contributed by atoms with van der Waals surface area (Å²) in [7, 11) is 0. The normalized spacial score (nSPS) is 26.9. The van der Waals surface area contributed by atoms with Gasteiger partial charge in [0.05, 0.1) is 11.5 Å². The van der Waals surface area contributed by atoms with Crippen molar-refractivity contribution < 1.29 is 4.39 Å². The quantitative estimate of drug-likeness (QED) is 0.752. The minimum absolute atomic E-state index is 0.291. The van der Waals surface area contributed by atoms with Gasteiger partial charge in [-0.05, 0) is 42.9 Å². The molecule has 19 heavy (non-hydrogen) atoms. The summed E-state index contributed by atoms with van der Waals surface area (Å²) in [5.41, 5.74) is 0.218. The van der Waals surface area contributed by atoms with Gasteiger partial charge in [-0.1, -0.05) is 43.9 Å². The molecule has 0 spiro atoms. The molecule has 1 aliphatic rings. The smallest absolute Gasteiger partial charge is 0.127 e. The molecule has 1 fully saturated rings. The van der Waals surface area contributed by atoms with Gasteiger partial charge in [0.15, 0.2) is 0 Å². The third kappa shape index (κ3) is 3.28. The van der Waals surface area contributed by atoms with Gasteiger partial charge in [0.25, 0.3) is 0 Å². The zero-order valence-corrected chi connectivity index (χ0v) is 12.0. The lowest BCUT2D eigenvalue weighted by Crippen LogP contribution is -2.29. The van der Waals surface area contributed by atoms with Crippen LogP contribution in [-0.4, -0.2) is 0 Å². The number of hydrogen-bond donors (Lipinski definition) is 0. The van der Waals surface area contributed by atoms with Gasteiger partial charge < -0.3 is 0 Å². The summed E-state index contributed by atoms with van der Waals surface area (Å²) in [6.07, 6.45) is 5.64. The molecule has 0 saturated heterocycles. The van der Waals surface area contributed by atoms with E-state index in [-0.39, 0.29) is 5.82 Å². The molecule has 3 heteroatoms. The van der Waals surface area contributed by atoms with Crippen LogP contribution in [0.1, 0.15) is 44.6 Å². The van der Waals surface area contributed by atoms with E-state index in [1.807, 2.05) is 0 Å². The first-order valence-electron chi connectivity index (χ1n) is 6.94. The summed E-state index contributed by atoms with van der Waals surface area (Å²) in [5, 5.41) is 9.97. The molecule has 2 atom stereocenters. The molecule has 1 aliphatic carbocycles. The molecule has 0 N–H and O–H groups in total. The summed E-state index contributed by atoms with van der Waals surface area (Å²) in [6, 6.07) is 7.22. The second kappa shape index (κ2) is 5.92. The Kier molecular flexibility index (Phi) is 4.47. The fraction of sp³-hybridized carbons (Fsp3) is 0.562. The molecule has 1 aromatic carbocycles. The maximum Gasteiger partial charge on any atom is 0.127 e. The van der Waals surface area contributed by atoms with Crippen LogP contribution in [0.2, 0.25) is 5.02 Å². The first-order chi connectivity index (χ1) is 9.08. The van der Waals surface area contributed by atoms with Crippen molar-refractivity contribution in [1.29, 1.82) is 5.26 Å². The highest BCUT2D eigenvalue weighted by molar-refractivity contribution is 6.30. The standard InChI is InChI=1S/C16H19ClFN/c1-2-12-4-3-7-16(9-12,11-19)10-13-5-6-14(17)8-15(13)18/h5-6,8,12H,2-4,7,9-10H2,1H3. The van der Waals surface area contributed by atoms with Gasteiger partial charge in [-0.3, -0.25) is 0 Å². The lowest BCUT2D eigenvalue weighted by molar-refractivity contribution is 0.192. The number of nitriles is 1. The van der Waals surface area contributed by atoms with Gasteiger partial charge in [-0.2, -0.15) is 5.26 Å². The average molecular weight is 280 g/mol. The van der Waals surface area contributed by atoms with Gasteiger partial charge in [0, 0.05) is 5.02 Å². The Balaban J connectivity index is 2.21. The average Bonchev–Trinajstić information content (AvgIpc) is 2.42. The maximum atomic E-state index is 13.9. The third-order valence-electron chi connectivity index (χ3n) is 4.31. The Hall–Kier alpha value is -1.07. The highest BCUT2D eigenvalue weighted by Crippen LogP contribution is 2.43. The number of halogens is 2. The summed E-state index contributed by atoms with van der Waals surface area (Å²) < 4.78 is 13.9. The Labute approximate surface area is 119 Å². The molecule has 102 valence electrons. The fourth-order valence-electron chi connectivity index (χ4n) is 3.17. The first-order valence-corrected chi connectivity index (χ1v) is 7.31. The molecule has 0 radical (unpaired) electrons. The van der Waals surface area contributed by atoms with Crippen LogP contribution in [0, 0.1) is 28.5 Å². The predicted molar refractivity (Wildman–Crippen MR) is 75.4 cm³/mol. The van der Waals surface area contributed by atoms with Crippen molar-refractivity contribution in [2.75, 3.05) is 0 Å². The Bertz CT molecular complexity index is 494. The minimum atomic E-state index is -0.395. The van der Waals surface area contributed by atoms with E-state index in [0.29, 0.717) is 22.9 Å². The van der Waals surface area contributed by atoms with E-state index in [9.17, 15) is 9.65 Å². The second-order valence-electron chi connectivity index (χ2n) is 5.68. The molecule has 1 aromatic rings. The van der Waals surface area contributed by atoms with Crippen LogP contribution in [0.15, 0.2) is 18.2 Å². The predicted octanol–water partition coefficient (Wildman–Crippen LogP) is 5.13. The third-order valence-corrected chi connectivity index (χ3v) is 4.54. The van der Waals surface area contributed by atoms with E-state index in [1.54, 1.807) is 12.1 Å². The highest BCUT2D eigenvalue weighted by atomic mass is 35.5. The molecule has 2 unspecified atom stereocenters. The topological polar surface area (TPSA) is 23.8 Å². The van der Waals surface area contributed by atoms with Crippen LogP contribution < -0.4 is 0 Å². The van der Waals surface area contributed by atoms with Crippen LogP contribution in [0.4, 0.5) is 4.39 Å². The van der Waals surface area contributed by atoms with Gasteiger partial charge >= 0.3 is 0 Å². The maximum absolute atomic E-state index is 13.9.